The van der Waals surface area contributed by atoms with Gasteiger partial charge in [0.1, 0.15) is 17.4 Å². The topological polar surface area (TPSA) is 131 Å². The Morgan fingerprint density at radius 2 is 1.12 bits per heavy atom. The molecule has 7 nitrogen and oxygen atoms in total. The zero-order valence-corrected chi connectivity index (χ0v) is 44.0. The predicted octanol–water partition coefficient (Wildman–Crippen LogP) is 16.1. The second kappa shape index (κ2) is 24.2. The molecule has 0 spiro atoms. The van der Waals surface area contributed by atoms with Gasteiger partial charge in [0.2, 0.25) is 0 Å². The van der Waals surface area contributed by atoms with Crippen LogP contribution in [0.1, 0.15) is 103 Å². The number of halogens is 1. The number of carbonyl (C=O) groups excluding carboxylic acids is 2. The van der Waals surface area contributed by atoms with E-state index in [1.165, 1.54) is 28.3 Å². The van der Waals surface area contributed by atoms with Crippen LogP contribution in [-0.2, 0) is 9.59 Å². The molecule has 0 atom stereocenters. The van der Waals surface area contributed by atoms with Crippen molar-refractivity contribution in [1.29, 1.82) is 15.8 Å². The summed E-state index contributed by atoms with van der Waals surface area (Å²) in [7, 11) is 0. The molecular formula is C61H58FN5O2S3. The lowest BCUT2D eigenvalue weighted by Crippen LogP contribution is -2.13. The number of thioether (sulfide) groups is 3. The van der Waals surface area contributed by atoms with Gasteiger partial charge < -0.3 is 9.59 Å². The Hall–Kier alpha value is -6.55. The number of ketones is 2. The SMILES string of the molecule is CC(=O)CC1(CSc2ccc(F)cc2-c2ccc(C#N)cc2)CC1.CC(=O)CC1(CSc2ccncc2-c2ccc(C#N)cc2)CC1.CCCC(C)(C)Sc1ccncc1-c1ccc(C#N)c2ccccc12. The first-order valence-corrected chi connectivity index (χ1v) is 27.0. The molecule has 2 fully saturated rings. The molecular weight excluding hydrogens is 950 g/mol. The first-order chi connectivity index (χ1) is 34.7. The van der Waals surface area contributed by atoms with Crippen molar-refractivity contribution in [2.75, 3.05) is 11.5 Å². The molecule has 0 unspecified atom stereocenters. The average molecular weight is 1010 g/mol. The van der Waals surface area contributed by atoms with E-state index in [9.17, 15) is 19.2 Å². The fourth-order valence-corrected chi connectivity index (χ4v) is 12.9. The third-order valence-electron chi connectivity index (χ3n) is 13.0. The number of fused-ring (bicyclic) bond motifs is 1. The first-order valence-electron chi connectivity index (χ1n) is 24.2. The van der Waals surface area contributed by atoms with Crippen molar-refractivity contribution < 1.29 is 14.0 Å². The number of hydrogen-bond acceptors (Lipinski definition) is 10. The summed E-state index contributed by atoms with van der Waals surface area (Å²) < 4.78 is 13.9. The Morgan fingerprint density at radius 3 is 1.64 bits per heavy atom. The Balaban J connectivity index is 0.000000159. The summed E-state index contributed by atoms with van der Waals surface area (Å²) in [6.45, 7) is 10.1. The molecule has 9 rings (SSSR count). The van der Waals surface area contributed by atoms with Crippen LogP contribution < -0.4 is 0 Å². The molecule has 72 heavy (non-hydrogen) atoms. The van der Waals surface area contributed by atoms with Gasteiger partial charge in [-0.15, -0.1) is 35.3 Å². The van der Waals surface area contributed by atoms with Gasteiger partial charge in [-0.2, -0.15) is 15.8 Å². The third-order valence-corrected chi connectivity index (χ3v) is 17.1. The number of Topliss-reactive ketones (excluding diaryl/α,β-unsaturated/α-hetero) is 2. The van der Waals surface area contributed by atoms with Gasteiger partial charge in [0.25, 0.3) is 0 Å². The maximum Gasteiger partial charge on any atom is 0.130 e. The van der Waals surface area contributed by atoms with Gasteiger partial charge in [-0.3, -0.25) is 9.97 Å². The van der Waals surface area contributed by atoms with Crippen molar-refractivity contribution in [3.8, 4) is 51.6 Å². The lowest BCUT2D eigenvalue weighted by atomic mass is 9.96. The predicted molar refractivity (Wildman–Crippen MR) is 293 cm³/mol. The number of benzene rings is 5. The van der Waals surface area contributed by atoms with E-state index in [0.29, 0.717) is 29.5 Å². The Kier molecular flexibility index (Phi) is 17.9. The Labute approximate surface area is 436 Å². The molecule has 7 aromatic rings. The highest BCUT2D eigenvalue weighted by atomic mass is 32.2. The van der Waals surface area contributed by atoms with Crippen LogP contribution in [-0.4, -0.2) is 37.8 Å². The second-order valence-corrected chi connectivity index (χ2v) is 23.3. The monoisotopic (exact) mass is 1010 g/mol. The van der Waals surface area contributed by atoms with Gasteiger partial charge >= 0.3 is 0 Å². The van der Waals surface area contributed by atoms with E-state index in [1.54, 1.807) is 61.8 Å². The average Bonchev–Trinajstić information content (AvgIpc) is 4.33. The summed E-state index contributed by atoms with van der Waals surface area (Å²) >= 11 is 5.40. The molecule has 0 saturated heterocycles. The van der Waals surface area contributed by atoms with Crippen LogP contribution in [0, 0.1) is 50.6 Å². The minimum atomic E-state index is -0.274. The quantitative estimate of drug-likeness (QED) is 0.0812. The number of rotatable bonds is 17. The maximum atomic E-state index is 13.7. The zero-order valence-electron chi connectivity index (χ0n) is 41.5. The number of hydrogen-bond donors (Lipinski definition) is 0. The van der Waals surface area contributed by atoms with E-state index >= 15 is 0 Å². The molecule has 2 aliphatic rings. The molecule has 0 bridgehead atoms. The van der Waals surface area contributed by atoms with Gasteiger partial charge in [-0.05, 0) is 145 Å². The summed E-state index contributed by atoms with van der Waals surface area (Å²) in [5.41, 5.74) is 8.45. The van der Waals surface area contributed by atoms with E-state index < -0.39 is 0 Å². The molecule has 0 radical (unpaired) electrons. The molecule has 11 heteroatoms. The summed E-state index contributed by atoms with van der Waals surface area (Å²) in [6, 6.07) is 42.3. The number of carbonyl (C=O) groups is 2. The van der Waals surface area contributed by atoms with Crippen molar-refractivity contribution in [1.82, 2.24) is 9.97 Å². The van der Waals surface area contributed by atoms with Crippen molar-refractivity contribution in [3.05, 3.63) is 163 Å². The minimum Gasteiger partial charge on any atom is -0.300 e. The fraction of sp³-hybridized carbons (Fsp3) is 0.295. The van der Waals surface area contributed by atoms with Crippen molar-refractivity contribution in [3.63, 3.8) is 0 Å². The molecule has 2 aromatic heterocycles. The van der Waals surface area contributed by atoms with Crippen LogP contribution in [0.15, 0.2) is 155 Å². The van der Waals surface area contributed by atoms with Gasteiger partial charge in [-0.25, -0.2) is 4.39 Å². The van der Waals surface area contributed by atoms with Crippen molar-refractivity contribution >= 4 is 57.6 Å². The van der Waals surface area contributed by atoms with Crippen LogP contribution in [0.2, 0.25) is 0 Å². The van der Waals surface area contributed by atoms with Crippen LogP contribution >= 0.6 is 35.3 Å². The van der Waals surface area contributed by atoms with E-state index in [-0.39, 0.29) is 33.0 Å². The summed E-state index contributed by atoms with van der Waals surface area (Å²) in [6.07, 6.45) is 15.6. The Bertz CT molecular complexity index is 3180. The molecule has 0 amide bonds. The zero-order chi connectivity index (χ0) is 51.3. The van der Waals surface area contributed by atoms with Crippen LogP contribution in [0.4, 0.5) is 4.39 Å². The lowest BCUT2D eigenvalue weighted by Gasteiger charge is -2.25. The molecule has 2 heterocycles. The molecule has 0 aliphatic heterocycles. The van der Waals surface area contributed by atoms with Crippen LogP contribution in [0.3, 0.4) is 0 Å². The summed E-state index contributed by atoms with van der Waals surface area (Å²) in [5.74, 6) is 2.09. The van der Waals surface area contributed by atoms with E-state index in [2.05, 4.69) is 67.1 Å². The highest BCUT2D eigenvalue weighted by molar-refractivity contribution is 8.00. The lowest BCUT2D eigenvalue weighted by molar-refractivity contribution is -0.118. The normalized spacial score (nSPS) is 13.7. The van der Waals surface area contributed by atoms with Crippen LogP contribution in [0.25, 0.3) is 44.2 Å². The highest BCUT2D eigenvalue weighted by Gasteiger charge is 2.44. The third kappa shape index (κ3) is 14.3. The van der Waals surface area contributed by atoms with Crippen molar-refractivity contribution in [2.45, 2.75) is 105 Å². The molecule has 0 N–H and O–H groups in total. The Morgan fingerprint density at radius 1 is 0.611 bits per heavy atom. The molecule has 2 aliphatic carbocycles. The fourth-order valence-electron chi connectivity index (χ4n) is 8.90. The molecule has 364 valence electrons. The molecule has 5 aromatic carbocycles. The summed E-state index contributed by atoms with van der Waals surface area (Å²) in [5, 5.41) is 29.3. The molecule has 2 saturated carbocycles. The minimum absolute atomic E-state index is 0.132. The number of pyridine rings is 2. The van der Waals surface area contributed by atoms with Crippen LogP contribution in [0.5, 0.6) is 0 Å². The first kappa shape index (κ1) is 53.3. The maximum absolute atomic E-state index is 13.7. The van der Waals surface area contributed by atoms with Gasteiger partial charge in [0.05, 0.1) is 34.9 Å². The largest absolute Gasteiger partial charge is 0.300 e. The van der Waals surface area contributed by atoms with E-state index in [0.717, 1.165) is 92.7 Å². The highest BCUT2D eigenvalue weighted by Crippen LogP contribution is 2.54. The summed E-state index contributed by atoms with van der Waals surface area (Å²) in [4.78, 5) is 34.9. The van der Waals surface area contributed by atoms with E-state index in [1.807, 2.05) is 97.1 Å². The van der Waals surface area contributed by atoms with E-state index in [4.69, 9.17) is 10.5 Å². The number of aromatic nitrogens is 2. The van der Waals surface area contributed by atoms with Gasteiger partial charge in [-0.1, -0.05) is 81.8 Å². The van der Waals surface area contributed by atoms with Crippen molar-refractivity contribution in [2.24, 2.45) is 10.8 Å². The van der Waals surface area contributed by atoms with Gasteiger partial charge in [0.15, 0.2) is 0 Å². The number of nitriles is 3. The van der Waals surface area contributed by atoms with Gasteiger partial charge in [0, 0.05) is 85.1 Å². The standard InChI is InChI=1S/C22H22N2S.C20H18FNOS.C19H18N2OS/c1-4-12-22(2,3)25-21-11-13-24-15-20(21)19-10-9-16(14-23)17-7-5-6-8-18(17)19;1-14(23)11-20(8-9-20)13-24-19-7-6-17(21)10-18(19)16-4-2-15(12-22)3-5-16;1-14(22)10-19(7-8-19)13-23-18-6-9-21-12-17(18)16-4-2-15(11-20)3-5-16/h5-11,13,15H,4,12H2,1-3H3;2-7,10H,8-9,11,13H2,1H3;2-6,9,12H,7-8,10,13H2,1H3. The smallest absolute Gasteiger partial charge is 0.130 e. The second-order valence-electron chi connectivity index (χ2n) is 19.5. The number of nitrogens with zero attached hydrogens (tertiary/aromatic N) is 5.